The van der Waals surface area contributed by atoms with Crippen molar-refractivity contribution in [3.63, 3.8) is 0 Å². The van der Waals surface area contributed by atoms with Crippen LogP contribution in [0.15, 0.2) is 146 Å². The Morgan fingerprint density at radius 3 is 1.95 bits per heavy atom. The standard InChI is InChI=1S/C38H24N2O/c1-2-12-27(13-3-1)39-33-17-9-8-16-31(33)32-24-28(20-22-34(32)39)40-35-21-18-26-11-5-7-15-30(26)38(35)41-36-23-19-25-10-4-6-14-29(25)37(36)40/h1-24H. The van der Waals surface area contributed by atoms with Crippen LogP contribution in [0.4, 0.5) is 17.1 Å². The zero-order chi connectivity index (χ0) is 26.9. The molecular formula is C38H24N2O. The van der Waals surface area contributed by atoms with Crippen molar-refractivity contribution in [3.8, 4) is 17.2 Å². The van der Waals surface area contributed by atoms with Gasteiger partial charge >= 0.3 is 0 Å². The molecule has 0 fully saturated rings. The maximum atomic E-state index is 6.72. The van der Waals surface area contributed by atoms with Crippen LogP contribution in [0.25, 0.3) is 49.0 Å². The molecule has 8 aromatic rings. The second-order valence-corrected chi connectivity index (χ2v) is 10.6. The van der Waals surface area contributed by atoms with Crippen molar-refractivity contribution in [1.29, 1.82) is 0 Å². The maximum absolute atomic E-state index is 6.72. The summed E-state index contributed by atoms with van der Waals surface area (Å²) in [5, 5.41) is 7.07. The Morgan fingerprint density at radius 2 is 1.10 bits per heavy atom. The van der Waals surface area contributed by atoms with Gasteiger partial charge in [-0.05, 0) is 59.3 Å². The van der Waals surface area contributed by atoms with E-state index in [4.69, 9.17) is 4.74 Å². The van der Waals surface area contributed by atoms with Crippen molar-refractivity contribution in [2.24, 2.45) is 0 Å². The average Bonchev–Trinajstić information content (AvgIpc) is 3.37. The molecule has 0 N–H and O–H groups in total. The highest BCUT2D eigenvalue weighted by Crippen LogP contribution is 2.55. The molecule has 0 amide bonds. The van der Waals surface area contributed by atoms with Gasteiger partial charge in [0.2, 0.25) is 0 Å². The molecule has 0 aliphatic carbocycles. The van der Waals surface area contributed by atoms with Crippen molar-refractivity contribution in [3.05, 3.63) is 146 Å². The summed E-state index contributed by atoms with van der Waals surface area (Å²) in [7, 11) is 0. The van der Waals surface area contributed by atoms with Gasteiger partial charge in [-0.25, -0.2) is 0 Å². The number of benzene rings is 7. The van der Waals surface area contributed by atoms with Crippen LogP contribution in [0, 0.1) is 0 Å². The van der Waals surface area contributed by atoms with Gasteiger partial charge in [0.05, 0.1) is 22.4 Å². The number of para-hydroxylation sites is 2. The monoisotopic (exact) mass is 524 g/mol. The minimum Gasteiger partial charge on any atom is -0.452 e. The number of anilines is 3. The normalized spacial score (nSPS) is 12.5. The lowest BCUT2D eigenvalue weighted by Crippen LogP contribution is -2.16. The molecule has 41 heavy (non-hydrogen) atoms. The lowest BCUT2D eigenvalue weighted by atomic mass is 10.0. The van der Waals surface area contributed by atoms with Gasteiger partial charge in [-0.15, -0.1) is 0 Å². The number of ether oxygens (including phenoxy) is 1. The smallest absolute Gasteiger partial charge is 0.159 e. The minimum absolute atomic E-state index is 0.861. The number of rotatable bonds is 2. The van der Waals surface area contributed by atoms with E-state index >= 15 is 0 Å². The first-order valence-electron chi connectivity index (χ1n) is 14.0. The topological polar surface area (TPSA) is 17.4 Å². The van der Waals surface area contributed by atoms with Gasteiger partial charge in [0.15, 0.2) is 11.5 Å². The predicted molar refractivity (Wildman–Crippen MR) is 171 cm³/mol. The number of hydrogen-bond donors (Lipinski definition) is 0. The van der Waals surface area contributed by atoms with Gasteiger partial charge in [-0.2, -0.15) is 0 Å². The maximum Gasteiger partial charge on any atom is 0.159 e. The van der Waals surface area contributed by atoms with E-state index in [2.05, 4.69) is 155 Å². The molecule has 1 aromatic heterocycles. The van der Waals surface area contributed by atoms with E-state index in [1.807, 2.05) is 0 Å². The lowest BCUT2D eigenvalue weighted by Gasteiger charge is -2.34. The summed E-state index contributed by atoms with van der Waals surface area (Å²) in [6, 6.07) is 51.8. The molecular weight excluding hydrogens is 500 g/mol. The van der Waals surface area contributed by atoms with Crippen LogP contribution in [0.1, 0.15) is 0 Å². The predicted octanol–water partition coefficient (Wildman–Crippen LogP) is 10.7. The molecule has 0 atom stereocenters. The molecule has 1 aliphatic heterocycles. The van der Waals surface area contributed by atoms with E-state index in [1.54, 1.807) is 0 Å². The Hall–Kier alpha value is -5.54. The van der Waals surface area contributed by atoms with Gasteiger partial charge in [-0.3, -0.25) is 0 Å². The van der Waals surface area contributed by atoms with Crippen LogP contribution in [0.2, 0.25) is 0 Å². The fraction of sp³-hybridized carbons (Fsp3) is 0. The van der Waals surface area contributed by atoms with Crippen molar-refractivity contribution in [1.82, 2.24) is 4.57 Å². The molecule has 3 heteroatoms. The Balaban J connectivity index is 1.37. The summed E-state index contributed by atoms with van der Waals surface area (Å²) in [6.45, 7) is 0. The van der Waals surface area contributed by atoms with Gasteiger partial charge in [-0.1, -0.05) is 97.1 Å². The Kier molecular flexibility index (Phi) is 4.61. The van der Waals surface area contributed by atoms with Crippen LogP contribution >= 0.6 is 0 Å². The third kappa shape index (κ3) is 3.20. The van der Waals surface area contributed by atoms with Crippen LogP contribution < -0.4 is 9.64 Å². The first kappa shape index (κ1) is 22.3. The minimum atomic E-state index is 0.861. The summed E-state index contributed by atoms with van der Waals surface area (Å²) in [5.41, 5.74) is 6.75. The molecule has 0 unspecified atom stereocenters. The Morgan fingerprint density at radius 1 is 0.439 bits per heavy atom. The third-order valence-electron chi connectivity index (χ3n) is 8.33. The number of aromatic nitrogens is 1. The summed E-state index contributed by atoms with van der Waals surface area (Å²) >= 11 is 0. The van der Waals surface area contributed by atoms with Crippen molar-refractivity contribution in [2.45, 2.75) is 0 Å². The van der Waals surface area contributed by atoms with E-state index in [1.165, 1.54) is 27.2 Å². The second-order valence-electron chi connectivity index (χ2n) is 10.6. The Bertz CT molecular complexity index is 2300. The first-order valence-corrected chi connectivity index (χ1v) is 14.0. The van der Waals surface area contributed by atoms with E-state index in [9.17, 15) is 0 Å². The highest BCUT2D eigenvalue weighted by atomic mass is 16.5. The van der Waals surface area contributed by atoms with E-state index < -0.39 is 0 Å². The number of fused-ring (bicyclic) bond motifs is 9. The van der Waals surface area contributed by atoms with Crippen LogP contribution in [-0.4, -0.2) is 4.57 Å². The van der Waals surface area contributed by atoms with Gasteiger partial charge in [0, 0.05) is 32.9 Å². The molecule has 0 saturated carbocycles. The average molecular weight is 525 g/mol. The molecule has 9 rings (SSSR count). The summed E-state index contributed by atoms with van der Waals surface area (Å²) in [6.07, 6.45) is 0. The zero-order valence-electron chi connectivity index (χ0n) is 22.2. The van der Waals surface area contributed by atoms with Crippen molar-refractivity contribution >= 4 is 60.4 Å². The third-order valence-corrected chi connectivity index (χ3v) is 8.33. The number of nitrogens with zero attached hydrogens (tertiary/aromatic N) is 2. The Labute approximate surface area is 237 Å². The van der Waals surface area contributed by atoms with Crippen molar-refractivity contribution < 1.29 is 4.74 Å². The van der Waals surface area contributed by atoms with Gasteiger partial charge < -0.3 is 14.2 Å². The highest BCUT2D eigenvalue weighted by molar-refractivity contribution is 6.12. The fourth-order valence-electron chi connectivity index (χ4n) is 6.52. The van der Waals surface area contributed by atoms with Crippen molar-refractivity contribution in [2.75, 3.05) is 4.90 Å². The molecule has 2 heterocycles. The molecule has 0 spiro atoms. The molecule has 1 aliphatic rings. The van der Waals surface area contributed by atoms with Gasteiger partial charge in [0.25, 0.3) is 0 Å². The fourth-order valence-corrected chi connectivity index (χ4v) is 6.52. The molecule has 0 radical (unpaired) electrons. The summed E-state index contributed by atoms with van der Waals surface area (Å²) < 4.78 is 9.08. The lowest BCUT2D eigenvalue weighted by molar-refractivity contribution is 0.483. The molecule has 0 saturated heterocycles. The molecule has 7 aromatic carbocycles. The largest absolute Gasteiger partial charge is 0.452 e. The van der Waals surface area contributed by atoms with E-state index in [0.29, 0.717) is 0 Å². The van der Waals surface area contributed by atoms with Crippen LogP contribution in [0.3, 0.4) is 0 Å². The highest BCUT2D eigenvalue weighted by Gasteiger charge is 2.29. The SMILES string of the molecule is c1ccc(-n2c3ccccc3c3cc(N4c5ccc6ccccc6c5Oc5ccc6ccccc6c54)ccc32)cc1. The number of hydrogen-bond acceptors (Lipinski definition) is 2. The van der Waals surface area contributed by atoms with Crippen LogP contribution in [0.5, 0.6) is 11.5 Å². The van der Waals surface area contributed by atoms with E-state index in [0.717, 1.165) is 50.4 Å². The van der Waals surface area contributed by atoms with E-state index in [-0.39, 0.29) is 0 Å². The quantitative estimate of drug-likeness (QED) is 0.224. The van der Waals surface area contributed by atoms with Gasteiger partial charge in [0.1, 0.15) is 0 Å². The molecule has 0 bridgehead atoms. The zero-order valence-corrected chi connectivity index (χ0v) is 22.2. The summed E-state index contributed by atoms with van der Waals surface area (Å²) in [4.78, 5) is 2.39. The summed E-state index contributed by atoms with van der Waals surface area (Å²) in [5.74, 6) is 1.75. The second kappa shape index (κ2) is 8.48. The molecule has 192 valence electrons. The van der Waals surface area contributed by atoms with Crippen LogP contribution in [-0.2, 0) is 0 Å². The first-order chi connectivity index (χ1) is 20.3. The molecule has 3 nitrogen and oxygen atoms in total.